The van der Waals surface area contributed by atoms with Crippen LogP contribution in [0.4, 0.5) is 10.2 Å². The molecule has 4 heteroatoms. The number of hydrogen-bond donors (Lipinski definition) is 1. The summed E-state index contributed by atoms with van der Waals surface area (Å²) in [4.78, 5) is 3.70. The van der Waals surface area contributed by atoms with E-state index in [4.69, 9.17) is 5.84 Å². The Hall–Kier alpha value is -1.16. The van der Waals surface area contributed by atoms with Crippen LogP contribution in [0, 0.1) is 5.82 Å². The van der Waals surface area contributed by atoms with Gasteiger partial charge in [-0.15, -0.1) is 0 Å². The minimum absolute atomic E-state index is 0.155. The summed E-state index contributed by atoms with van der Waals surface area (Å²) in [6, 6.07) is 2.83. The fourth-order valence-corrected chi connectivity index (χ4v) is 0.637. The van der Waals surface area contributed by atoms with Crippen molar-refractivity contribution >= 4 is 5.82 Å². The average Bonchev–Trinajstić information content (AvgIpc) is 1.88. The van der Waals surface area contributed by atoms with Gasteiger partial charge in [0.25, 0.3) is 0 Å². The summed E-state index contributed by atoms with van der Waals surface area (Å²) < 4.78 is 12.7. The maximum atomic E-state index is 12.7. The molecular weight excluding hydrogens is 133 g/mol. The monoisotopic (exact) mass is 141 g/mol. The molecule has 10 heavy (non-hydrogen) atoms. The smallest absolute Gasteiger partial charge is 0.178 e. The maximum Gasteiger partial charge on any atom is 0.178 e. The quantitative estimate of drug-likeness (QED) is 0.458. The van der Waals surface area contributed by atoms with Gasteiger partial charge < -0.3 is 0 Å². The van der Waals surface area contributed by atoms with Crippen molar-refractivity contribution in [3.8, 4) is 0 Å². The van der Waals surface area contributed by atoms with E-state index in [0.29, 0.717) is 0 Å². The maximum absolute atomic E-state index is 12.7. The highest BCUT2D eigenvalue weighted by Gasteiger charge is 2.02. The van der Waals surface area contributed by atoms with Crippen molar-refractivity contribution in [2.24, 2.45) is 5.84 Å². The number of hydrazine groups is 1. The molecule has 0 aliphatic heterocycles. The zero-order valence-corrected chi connectivity index (χ0v) is 5.58. The molecule has 1 aromatic rings. The van der Waals surface area contributed by atoms with Crippen LogP contribution < -0.4 is 10.9 Å². The Morgan fingerprint density at radius 1 is 1.70 bits per heavy atom. The van der Waals surface area contributed by atoms with Crippen LogP contribution in [0.3, 0.4) is 0 Å². The molecule has 54 valence electrons. The van der Waals surface area contributed by atoms with E-state index < -0.39 is 5.82 Å². The van der Waals surface area contributed by atoms with Gasteiger partial charge in [0.05, 0.1) is 0 Å². The third-order valence-electron chi connectivity index (χ3n) is 1.07. The second kappa shape index (κ2) is 2.62. The van der Waals surface area contributed by atoms with Gasteiger partial charge in [-0.1, -0.05) is 0 Å². The van der Waals surface area contributed by atoms with Crippen LogP contribution >= 0.6 is 0 Å². The molecule has 0 saturated heterocycles. The Labute approximate surface area is 58.3 Å². The topological polar surface area (TPSA) is 42.1 Å². The number of aromatic nitrogens is 1. The van der Waals surface area contributed by atoms with Gasteiger partial charge in [-0.3, -0.25) is 5.01 Å². The molecule has 0 radical (unpaired) electrons. The predicted octanol–water partition coefficient (Wildman–Crippen LogP) is 0.531. The first kappa shape index (κ1) is 6.95. The van der Waals surface area contributed by atoms with Crippen LogP contribution in [0.1, 0.15) is 0 Å². The Morgan fingerprint density at radius 3 is 2.80 bits per heavy atom. The average molecular weight is 141 g/mol. The summed E-state index contributed by atoms with van der Waals surface area (Å²) in [5.41, 5.74) is 0. The van der Waals surface area contributed by atoms with E-state index in [1.807, 2.05) is 0 Å². The molecule has 1 rings (SSSR count). The Bertz CT molecular complexity index is 224. The normalized spacial score (nSPS) is 9.50. The van der Waals surface area contributed by atoms with Gasteiger partial charge in [0, 0.05) is 13.2 Å². The largest absolute Gasteiger partial charge is 0.296 e. The lowest BCUT2D eigenvalue weighted by Crippen LogP contribution is -2.27. The van der Waals surface area contributed by atoms with Crippen LogP contribution in [0.15, 0.2) is 18.3 Å². The molecule has 0 aliphatic rings. The van der Waals surface area contributed by atoms with E-state index in [2.05, 4.69) is 4.98 Å². The molecule has 0 fully saturated rings. The number of nitrogens with two attached hydrogens (primary N) is 1. The van der Waals surface area contributed by atoms with Gasteiger partial charge in [-0.25, -0.2) is 15.2 Å². The van der Waals surface area contributed by atoms with Crippen molar-refractivity contribution in [2.75, 3.05) is 12.1 Å². The van der Waals surface area contributed by atoms with Gasteiger partial charge >= 0.3 is 0 Å². The van der Waals surface area contributed by atoms with Crippen molar-refractivity contribution in [1.29, 1.82) is 0 Å². The molecule has 3 nitrogen and oxygen atoms in total. The molecule has 2 N–H and O–H groups in total. The SMILES string of the molecule is CN(N)c1ncccc1F. The third-order valence-corrected chi connectivity index (χ3v) is 1.07. The Morgan fingerprint density at radius 2 is 2.40 bits per heavy atom. The first-order valence-electron chi connectivity index (χ1n) is 2.81. The number of nitrogens with zero attached hydrogens (tertiary/aromatic N) is 2. The second-order valence-corrected chi connectivity index (χ2v) is 1.92. The highest BCUT2D eigenvalue weighted by Crippen LogP contribution is 2.09. The zero-order chi connectivity index (χ0) is 7.56. The highest BCUT2D eigenvalue weighted by molar-refractivity contribution is 5.35. The van der Waals surface area contributed by atoms with Crippen molar-refractivity contribution < 1.29 is 4.39 Å². The van der Waals surface area contributed by atoms with Crippen molar-refractivity contribution in [3.05, 3.63) is 24.1 Å². The molecule has 0 atom stereocenters. The first-order chi connectivity index (χ1) is 4.72. The molecule has 0 saturated carbocycles. The molecule has 0 aromatic carbocycles. The molecule has 1 aromatic heterocycles. The summed E-state index contributed by atoms with van der Waals surface area (Å²) in [6.45, 7) is 0. The summed E-state index contributed by atoms with van der Waals surface area (Å²) >= 11 is 0. The number of halogens is 1. The number of rotatable bonds is 1. The predicted molar refractivity (Wildman–Crippen MR) is 36.8 cm³/mol. The van der Waals surface area contributed by atoms with Crippen LogP contribution in [-0.4, -0.2) is 12.0 Å². The molecular formula is C6H8FN3. The van der Waals surface area contributed by atoms with E-state index in [1.54, 1.807) is 0 Å². The van der Waals surface area contributed by atoms with Crippen LogP contribution in [0.2, 0.25) is 0 Å². The lowest BCUT2D eigenvalue weighted by atomic mass is 10.4. The third kappa shape index (κ3) is 1.22. The lowest BCUT2D eigenvalue weighted by Gasteiger charge is -2.09. The molecule has 0 aliphatic carbocycles. The van der Waals surface area contributed by atoms with E-state index in [-0.39, 0.29) is 5.82 Å². The Balaban J connectivity index is 3.03. The van der Waals surface area contributed by atoms with Crippen molar-refractivity contribution in [1.82, 2.24) is 4.98 Å². The van der Waals surface area contributed by atoms with Gasteiger partial charge in [-0.05, 0) is 12.1 Å². The highest BCUT2D eigenvalue weighted by atomic mass is 19.1. The minimum Gasteiger partial charge on any atom is -0.296 e. The van der Waals surface area contributed by atoms with E-state index in [9.17, 15) is 4.39 Å². The van der Waals surface area contributed by atoms with Gasteiger partial charge in [0.15, 0.2) is 11.6 Å². The van der Waals surface area contributed by atoms with E-state index in [1.165, 1.54) is 25.4 Å². The Kier molecular flexibility index (Phi) is 1.82. The number of anilines is 1. The van der Waals surface area contributed by atoms with Gasteiger partial charge in [0.2, 0.25) is 0 Å². The molecule has 0 bridgehead atoms. The zero-order valence-electron chi connectivity index (χ0n) is 5.58. The summed E-state index contributed by atoms with van der Waals surface area (Å²) in [5, 5.41) is 1.13. The molecule has 0 spiro atoms. The van der Waals surface area contributed by atoms with Crippen molar-refractivity contribution in [2.45, 2.75) is 0 Å². The van der Waals surface area contributed by atoms with Crippen LogP contribution in [0.25, 0.3) is 0 Å². The fraction of sp³-hybridized carbons (Fsp3) is 0.167. The summed E-state index contributed by atoms with van der Waals surface area (Å²) in [6.07, 6.45) is 1.49. The molecule has 0 unspecified atom stereocenters. The fourth-order valence-electron chi connectivity index (χ4n) is 0.637. The lowest BCUT2D eigenvalue weighted by molar-refractivity contribution is 0.617. The first-order valence-corrected chi connectivity index (χ1v) is 2.81. The van der Waals surface area contributed by atoms with Crippen LogP contribution in [-0.2, 0) is 0 Å². The standard InChI is InChI=1S/C6H8FN3/c1-10(8)6-5(7)3-2-4-9-6/h2-4H,8H2,1H3. The van der Waals surface area contributed by atoms with Gasteiger partial charge in [-0.2, -0.15) is 0 Å². The number of pyridine rings is 1. The molecule has 1 heterocycles. The van der Waals surface area contributed by atoms with Crippen molar-refractivity contribution in [3.63, 3.8) is 0 Å². The molecule has 0 amide bonds. The van der Waals surface area contributed by atoms with E-state index in [0.717, 1.165) is 5.01 Å². The second-order valence-electron chi connectivity index (χ2n) is 1.92. The summed E-state index contributed by atoms with van der Waals surface area (Å²) in [5.74, 6) is 4.99. The van der Waals surface area contributed by atoms with Crippen LogP contribution in [0.5, 0.6) is 0 Å². The van der Waals surface area contributed by atoms with E-state index >= 15 is 0 Å². The minimum atomic E-state index is -0.410. The summed E-state index contributed by atoms with van der Waals surface area (Å²) in [7, 11) is 1.53. The van der Waals surface area contributed by atoms with Gasteiger partial charge in [0.1, 0.15) is 0 Å². The number of hydrogen-bond acceptors (Lipinski definition) is 3.